The molecule has 0 aliphatic carbocycles. The van der Waals surface area contributed by atoms with E-state index in [2.05, 4.69) is 24.3 Å². The molecule has 0 aliphatic heterocycles. The highest BCUT2D eigenvalue weighted by Crippen LogP contribution is 2.41. The maximum absolute atomic E-state index is 5.88. The van der Waals surface area contributed by atoms with Gasteiger partial charge in [0.2, 0.25) is 5.79 Å². The molecule has 3 rings (SSSR count). The van der Waals surface area contributed by atoms with E-state index in [4.69, 9.17) is 18.9 Å². The highest BCUT2D eigenvalue weighted by molar-refractivity contribution is 7.99. The van der Waals surface area contributed by atoms with Gasteiger partial charge in [0, 0.05) is 35.6 Å². The van der Waals surface area contributed by atoms with Crippen molar-refractivity contribution < 1.29 is 18.9 Å². The van der Waals surface area contributed by atoms with Crippen LogP contribution >= 0.6 is 11.8 Å². The molecule has 0 bridgehead atoms. The molecule has 0 amide bonds. The van der Waals surface area contributed by atoms with E-state index in [-0.39, 0.29) is 0 Å². The molecule has 4 nitrogen and oxygen atoms in total. The Labute approximate surface area is 170 Å². The van der Waals surface area contributed by atoms with Crippen molar-refractivity contribution in [1.29, 1.82) is 0 Å². The van der Waals surface area contributed by atoms with Gasteiger partial charge in [-0.2, -0.15) is 0 Å². The summed E-state index contributed by atoms with van der Waals surface area (Å²) in [6.45, 7) is 0. The van der Waals surface area contributed by atoms with Gasteiger partial charge in [-0.05, 0) is 36.4 Å². The van der Waals surface area contributed by atoms with Gasteiger partial charge in [-0.25, -0.2) is 0 Å². The largest absolute Gasteiger partial charge is 0.497 e. The number of rotatable bonds is 8. The average Bonchev–Trinajstić information content (AvgIpc) is 2.77. The summed E-state index contributed by atoms with van der Waals surface area (Å²) in [7, 11) is 6.49. The SMILES string of the molecule is COc1ccc(C(OC)(OC)c2ccc(Sc3ccccc3)cc2)c(OC)c1. The van der Waals surface area contributed by atoms with E-state index in [1.54, 1.807) is 40.2 Å². The zero-order valence-corrected chi connectivity index (χ0v) is 17.3. The van der Waals surface area contributed by atoms with Crippen molar-refractivity contribution in [2.75, 3.05) is 28.4 Å². The van der Waals surface area contributed by atoms with Crippen molar-refractivity contribution in [2.45, 2.75) is 15.6 Å². The number of benzene rings is 3. The molecule has 5 heteroatoms. The third-order valence-corrected chi connectivity index (χ3v) is 5.57. The van der Waals surface area contributed by atoms with E-state index in [0.29, 0.717) is 11.5 Å². The molecule has 0 atom stereocenters. The van der Waals surface area contributed by atoms with E-state index in [9.17, 15) is 0 Å². The Kier molecular flexibility index (Phi) is 6.62. The van der Waals surface area contributed by atoms with Gasteiger partial charge in [0.15, 0.2) is 0 Å². The van der Waals surface area contributed by atoms with Crippen LogP contribution in [-0.2, 0) is 15.3 Å². The van der Waals surface area contributed by atoms with Crippen molar-refractivity contribution in [2.24, 2.45) is 0 Å². The molecular weight excluding hydrogens is 372 g/mol. The van der Waals surface area contributed by atoms with Gasteiger partial charge in [0.05, 0.1) is 19.8 Å². The predicted octanol–water partition coefficient (Wildman–Crippen LogP) is 5.35. The lowest BCUT2D eigenvalue weighted by Gasteiger charge is -2.33. The van der Waals surface area contributed by atoms with E-state index in [0.717, 1.165) is 16.0 Å². The molecule has 0 saturated heterocycles. The number of ether oxygens (including phenoxy) is 4. The highest BCUT2D eigenvalue weighted by Gasteiger charge is 2.37. The lowest BCUT2D eigenvalue weighted by atomic mass is 9.96. The summed E-state index contributed by atoms with van der Waals surface area (Å²) in [6, 6.07) is 24.0. The summed E-state index contributed by atoms with van der Waals surface area (Å²) in [5.74, 6) is 0.246. The van der Waals surface area contributed by atoms with Crippen molar-refractivity contribution in [3.63, 3.8) is 0 Å². The fourth-order valence-corrected chi connectivity index (χ4v) is 3.97. The first-order chi connectivity index (χ1) is 13.7. The first kappa shape index (κ1) is 20.3. The summed E-state index contributed by atoms with van der Waals surface area (Å²) < 4.78 is 22.6. The third kappa shape index (κ3) is 4.02. The number of methoxy groups -OCH3 is 4. The molecular formula is C23H24O4S. The highest BCUT2D eigenvalue weighted by atomic mass is 32.2. The summed E-state index contributed by atoms with van der Waals surface area (Å²) in [5.41, 5.74) is 1.64. The summed E-state index contributed by atoms with van der Waals surface area (Å²) >= 11 is 1.71. The fraction of sp³-hybridized carbons (Fsp3) is 0.217. The van der Waals surface area contributed by atoms with E-state index in [1.807, 2.05) is 48.5 Å². The van der Waals surface area contributed by atoms with Gasteiger partial charge in [-0.3, -0.25) is 0 Å². The predicted molar refractivity (Wildman–Crippen MR) is 111 cm³/mol. The molecule has 0 aromatic heterocycles. The first-order valence-corrected chi connectivity index (χ1v) is 9.64. The van der Waals surface area contributed by atoms with Crippen LogP contribution in [0.15, 0.2) is 82.6 Å². The molecule has 0 aliphatic rings. The number of hydrogen-bond donors (Lipinski definition) is 0. The van der Waals surface area contributed by atoms with Crippen molar-refractivity contribution >= 4 is 11.8 Å². The number of hydrogen-bond acceptors (Lipinski definition) is 5. The molecule has 0 N–H and O–H groups in total. The Bertz CT molecular complexity index is 890. The average molecular weight is 397 g/mol. The standard InChI is InChI=1S/C23H24O4S/c1-24-18-12-15-21(22(16-18)25-2)23(26-3,27-4)17-10-13-20(14-11-17)28-19-8-6-5-7-9-19/h5-16H,1-4H3. The van der Waals surface area contributed by atoms with Crippen LogP contribution in [0, 0.1) is 0 Å². The van der Waals surface area contributed by atoms with Crippen LogP contribution in [-0.4, -0.2) is 28.4 Å². The second-order valence-electron chi connectivity index (χ2n) is 6.03. The molecule has 0 saturated carbocycles. The molecule has 146 valence electrons. The van der Waals surface area contributed by atoms with Gasteiger partial charge >= 0.3 is 0 Å². The van der Waals surface area contributed by atoms with Gasteiger partial charge in [0.25, 0.3) is 0 Å². The minimum atomic E-state index is -1.09. The monoisotopic (exact) mass is 396 g/mol. The van der Waals surface area contributed by atoms with Gasteiger partial charge in [-0.1, -0.05) is 42.1 Å². The molecule has 0 radical (unpaired) electrons. The second kappa shape index (κ2) is 9.15. The van der Waals surface area contributed by atoms with E-state index >= 15 is 0 Å². The van der Waals surface area contributed by atoms with Gasteiger partial charge in [-0.15, -0.1) is 0 Å². The van der Waals surface area contributed by atoms with Gasteiger partial charge in [0.1, 0.15) is 11.5 Å². The minimum absolute atomic E-state index is 0.630. The summed E-state index contributed by atoms with van der Waals surface area (Å²) in [4.78, 5) is 2.33. The molecule has 3 aromatic carbocycles. The molecule has 0 spiro atoms. The second-order valence-corrected chi connectivity index (χ2v) is 7.18. The van der Waals surface area contributed by atoms with Crippen LogP contribution in [0.1, 0.15) is 11.1 Å². The van der Waals surface area contributed by atoms with Crippen molar-refractivity contribution in [3.05, 3.63) is 83.9 Å². The van der Waals surface area contributed by atoms with Crippen molar-refractivity contribution in [3.8, 4) is 11.5 Å². The van der Waals surface area contributed by atoms with Crippen LogP contribution in [0.25, 0.3) is 0 Å². The topological polar surface area (TPSA) is 36.9 Å². The van der Waals surface area contributed by atoms with E-state index in [1.165, 1.54) is 4.90 Å². The Balaban J connectivity index is 1.98. The van der Waals surface area contributed by atoms with Crippen LogP contribution in [0.2, 0.25) is 0 Å². The summed E-state index contributed by atoms with van der Waals surface area (Å²) in [5, 5.41) is 0. The maximum atomic E-state index is 5.88. The molecule has 28 heavy (non-hydrogen) atoms. The lowest BCUT2D eigenvalue weighted by Crippen LogP contribution is -2.32. The maximum Gasteiger partial charge on any atom is 0.225 e. The van der Waals surface area contributed by atoms with E-state index < -0.39 is 5.79 Å². The Hall–Kier alpha value is -2.47. The van der Waals surface area contributed by atoms with Crippen LogP contribution < -0.4 is 9.47 Å². The van der Waals surface area contributed by atoms with Gasteiger partial charge < -0.3 is 18.9 Å². The van der Waals surface area contributed by atoms with Crippen LogP contribution in [0.5, 0.6) is 11.5 Å². The fourth-order valence-electron chi connectivity index (χ4n) is 3.13. The molecule has 0 heterocycles. The van der Waals surface area contributed by atoms with Crippen LogP contribution in [0.4, 0.5) is 0 Å². The van der Waals surface area contributed by atoms with Crippen LogP contribution in [0.3, 0.4) is 0 Å². The lowest BCUT2D eigenvalue weighted by molar-refractivity contribution is -0.184. The Morgan fingerprint density at radius 3 is 1.89 bits per heavy atom. The third-order valence-electron chi connectivity index (χ3n) is 4.55. The quantitative estimate of drug-likeness (QED) is 0.480. The van der Waals surface area contributed by atoms with Crippen molar-refractivity contribution in [1.82, 2.24) is 0 Å². The zero-order valence-electron chi connectivity index (χ0n) is 16.5. The molecule has 3 aromatic rings. The first-order valence-electron chi connectivity index (χ1n) is 8.83. The smallest absolute Gasteiger partial charge is 0.225 e. The summed E-state index contributed by atoms with van der Waals surface area (Å²) in [6.07, 6.45) is 0. The Morgan fingerprint density at radius 1 is 0.679 bits per heavy atom. The molecule has 0 fully saturated rings. The molecule has 0 unspecified atom stereocenters. The normalized spacial score (nSPS) is 11.3. The minimum Gasteiger partial charge on any atom is -0.497 e. The Morgan fingerprint density at radius 2 is 1.32 bits per heavy atom. The zero-order chi connectivity index (χ0) is 20.0.